The van der Waals surface area contributed by atoms with Gasteiger partial charge >= 0.3 is 5.97 Å². The maximum absolute atomic E-state index is 13.4. The highest BCUT2D eigenvalue weighted by Crippen LogP contribution is 2.38. The zero-order valence-corrected chi connectivity index (χ0v) is 44.9. The van der Waals surface area contributed by atoms with Crippen molar-refractivity contribution >= 4 is 19.7 Å². The van der Waals surface area contributed by atoms with Crippen molar-refractivity contribution < 1.29 is 37.3 Å². The van der Waals surface area contributed by atoms with Crippen LogP contribution in [0.25, 0.3) is 0 Å². The molecule has 65 heavy (non-hydrogen) atoms. The van der Waals surface area contributed by atoms with E-state index in [9.17, 15) is 19.0 Å². The summed E-state index contributed by atoms with van der Waals surface area (Å²) in [5.41, 5.74) is 0. The first-order chi connectivity index (χ1) is 31.4. The van der Waals surface area contributed by atoms with Crippen LogP contribution in [0.2, 0.25) is 0 Å². The molecule has 3 atom stereocenters. The van der Waals surface area contributed by atoms with E-state index in [1.807, 2.05) is 33.3 Å². The second-order valence-corrected chi connectivity index (χ2v) is 21.9. The first-order valence-electron chi connectivity index (χ1n) is 28.0. The van der Waals surface area contributed by atoms with Crippen molar-refractivity contribution in [2.75, 3.05) is 40.9 Å². The summed E-state index contributed by atoms with van der Waals surface area (Å²) < 4.78 is 30.2. The summed E-state index contributed by atoms with van der Waals surface area (Å²) in [6.07, 6.45) is 50.2. The van der Waals surface area contributed by atoms with E-state index in [0.29, 0.717) is 17.4 Å². The number of carbonyl (C=O) groups is 2. The summed E-state index contributed by atoms with van der Waals surface area (Å²) >= 11 is 0. The quantitative estimate of drug-likeness (QED) is 0.0212. The van der Waals surface area contributed by atoms with Gasteiger partial charge in [-0.2, -0.15) is 0 Å². The molecule has 0 aliphatic heterocycles. The fourth-order valence-electron chi connectivity index (χ4n) is 8.35. The Labute approximate surface area is 403 Å². The van der Waals surface area contributed by atoms with Gasteiger partial charge in [0.25, 0.3) is 7.82 Å². The Kier molecular flexibility index (Phi) is 45.6. The number of rotatable bonds is 51. The Bertz CT molecular complexity index is 1130. The van der Waals surface area contributed by atoms with E-state index in [2.05, 4.69) is 26.1 Å². The van der Waals surface area contributed by atoms with Gasteiger partial charge < -0.3 is 28.5 Å². The minimum absolute atomic E-state index is 0.0172. The Morgan fingerprint density at radius 1 is 0.523 bits per heavy atom. The van der Waals surface area contributed by atoms with Gasteiger partial charge in [0.15, 0.2) is 0 Å². The lowest BCUT2D eigenvalue weighted by Gasteiger charge is -2.30. The molecule has 0 spiro atoms. The fourth-order valence-corrected chi connectivity index (χ4v) is 9.07. The second kappa shape index (κ2) is 46.5. The SMILES string of the molecule is CCCCCCCCCCC/C=C/C(OC(=O)CCCCCCCCCCCCCCCCC)C(COP(=O)([O-])OCC[N+](C)(C)C)NC(=O)CCCCCCCCCCCCCCC. The summed E-state index contributed by atoms with van der Waals surface area (Å²) in [6.45, 7) is 6.86. The molecule has 0 aromatic carbocycles. The molecule has 1 N–H and O–H groups in total. The average molecular weight is 941 g/mol. The molecular formula is C55H109N2O7P. The van der Waals surface area contributed by atoms with Crippen LogP contribution in [-0.4, -0.2) is 69.4 Å². The zero-order valence-electron chi connectivity index (χ0n) is 44.0. The molecule has 0 bridgehead atoms. The number of likely N-dealkylation sites (N-methyl/N-ethyl adjacent to an activating group) is 1. The molecule has 0 aromatic rings. The first-order valence-corrected chi connectivity index (χ1v) is 29.5. The Hall–Kier alpha value is -1.25. The standard InChI is InChI=1S/C55H109N2O7P/c1-7-10-13-16-19-22-25-27-28-30-33-36-39-42-45-48-55(59)64-53(46-43-40-37-34-31-24-21-18-15-12-9-3)52(51-63-65(60,61)62-50-49-57(4,5)6)56-54(58)47-44-41-38-35-32-29-26-23-20-17-14-11-8-2/h43,46,52-53H,7-42,44-45,47-51H2,1-6H3,(H-,56,58,60,61)/b46-43+. The summed E-state index contributed by atoms with van der Waals surface area (Å²) in [7, 11) is 1.20. The van der Waals surface area contributed by atoms with E-state index in [4.69, 9.17) is 13.8 Å². The van der Waals surface area contributed by atoms with Gasteiger partial charge in [0.05, 0.1) is 33.8 Å². The van der Waals surface area contributed by atoms with Gasteiger partial charge in [-0.05, 0) is 31.8 Å². The van der Waals surface area contributed by atoms with E-state index in [1.54, 1.807) is 0 Å². The number of amides is 1. The highest BCUT2D eigenvalue weighted by Gasteiger charge is 2.27. The molecule has 0 heterocycles. The number of phosphoric acid groups is 1. The summed E-state index contributed by atoms with van der Waals surface area (Å²) in [4.78, 5) is 39.7. The Morgan fingerprint density at radius 3 is 1.26 bits per heavy atom. The monoisotopic (exact) mass is 941 g/mol. The minimum atomic E-state index is -4.68. The van der Waals surface area contributed by atoms with Crippen molar-refractivity contribution in [3.8, 4) is 0 Å². The largest absolute Gasteiger partial charge is 0.756 e. The molecule has 0 rings (SSSR count). The van der Waals surface area contributed by atoms with Gasteiger partial charge in [-0.15, -0.1) is 0 Å². The predicted molar refractivity (Wildman–Crippen MR) is 275 cm³/mol. The molecule has 0 saturated carbocycles. The smallest absolute Gasteiger partial charge is 0.306 e. The van der Waals surface area contributed by atoms with Gasteiger partial charge in [-0.3, -0.25) is 14.2 Å². The van der Waals surface area contributed by atoms with Crippen molar-refractivity contribution in [2.24, 2.45) is 0 Å². The summed E-state index contributed by atoms with van der Waals surface area (Å²) in [6, 6.07) is -0.877. The van der Waals surface area contributed by atoms with Crippen molar-refractivity contribution in [1.29, 1.82) is 0 Å². The molecule has 0 aromatic heterocycles. The highest BCUT2D eigenvalue weighted by atomic mass is 31.2. The predicted octanol–water partition coefficient (Wildman–Crippen LogP) is 15.8. The van der Waals surface area contributed by atoms with Gasteiger partial charge in [0.1, 0.15) is 19.3 Å². The van der Waals surface area contributed by atoms with Crippen LogP contribution in [0.15, 0.2) is 12.2 Å². The molecule has 0 aliphatic carbocycles. The number of hydrogen-bond acceptors (Lipinski definition) is 7. The van der Waals surface area contributed by atoms with E-state index < -0.39 is 20.0 Å². The van der Waals surface area contributed by atoms with Gasteiger partial charge in [-0.1, -0.05) is 245 Å². The molecule has 10 heteroatoms. The number of ether oxygens (including phenoxy) is 1. The van der Waals surface area contributed by atoms with E-state index in [-0.39, 0.29) is 31.5 Å². The van der Waals surface area contributed by atoms with Crippen LogP contribution in [0.4, 0.5) is 0 Å². The number of allylic oxidation sites excluding steroid dienone is 1. The number of nitrogens with zero attached hydrogens (tertiary/aromatic N) is 1. The lowest BCUT2D eigenvalue weighted by Crippen LogP contribution is -2.47. The van der Waals surface area contributed by atoms with Crippen LogP contribution in [-0.2, 0) is 27.9 Å². The average Bonchev–Trinajstić information content (AvgIpc) is 3.26. The number of carbonyl (C=O) groups excluding carboxylic acids is 2. The normalized spacial score (nSPS) is 13.9. The fraction of sp³-hybridized carbons (Fsp3) is 0.927. The van der Waals surface area contributed by atoms with Crippen molar-refractivity contribution in [3.63, 3.8) is 0 Å². The van der Waals surface area contributed by atoms with Gasteiger partial charge in [0, 0.05) is 12.8 Å². The molecule has 0 radical (unpaired) electrons. The molecule has 9 nitrogen and oxygen atoms in total. The minimum Gasteiger partial charge on any atom is -0.756 e. The van der Waals surface area contributed by atoms with Crippen molar-refractivity contribution in [2.45, 2.75) is 290 Å². The second-order valence-electron chi connectivity index (χ2n) is 20.5. The van der Waals surface area contributed by atoms with Gasteiger partial charge in [0.2, 0.25) is 5.91 Å². The van der Waals surface area contributed by atoms with Crippen LogP contribution >= 0.6 is 7.82 Å². The molecular weight excluding hydrogens is 832 g/mol. The molecule has 0 saturated heterocycles. The summed E-state index contributed by atoms with van der Waals surface area (Å²) in [5.74, 6) is -0.526. The maximum Gasteiger partial charge on any atom is 0.306 e. The topological polar surface area (TPSA) is 114 Å². The Balaban J connectivity index is 5.31. The number of nitrogens with one attached hydrogen (secondary N) is 1. The highest BCUT2D eigenvalue weighted by molar-refractivity contribution is 7.45. The van der Waals surface area contributed by atoms with Crippen LogP contribution in [0.1, 0.15) is 278 Å². The number of quaternary nitrogens is 1. The molecule has 0 aliphatic rings. The molecule has 3 unspecified atom stereocenters. The first kappa shape index (κ1) is 63.8. The lowest BCUT2D eigenvalue weighted by atomic mass is 10.0. The van der Waals surface area contributed by atoms with Gasteiger partial charge in [-0.25, -0.2) is 0 Å². The Morgan fingerprint density at radius 2 is 0.877 bits per heavy atom. The number of phosphoric ester groups is 1. The number of unbranched alkanes of at least 4 members (excludes halogenated alkanes) is 35. The van der Waals surface area contributed by atoms with Crippen LogP contribution in [0.5, 0.6) is 0 Å². The van der Waals surface area contributed by atoms with E-state index in [0.717, 1.165) is 57.8 Å². The van der Waals surface area contributed by atoms with Crippen LogP contribution in [0, 0.1) is 0 Å². The maximum atomic E-state index is 13.4. The molecule has 386 valence electrons. The zero-order chi connectivity index (χ0) is 48.0. The number of hydrogen-bond donors (Lipinski definition) is 1. The van der Waals surface area contributed by atoms with Crippen LogP contribution < -0.4 is 10.2 Å². The molecule has 0 fully saturated rings. The third-order valence-electron chi connectivity index (χ3n) is 12.7. The third kappa shape index (κ3) is 47.6. The lowest BCUT2D eigenvalue weighted by molar-refractivity contribution is -0.870. The van der Waals surface area contributed by atoms with Crippen LogP contribution in [0.3, 0.4) is 0 Å². The third-order valence-corrected chi connectivity index (χ3v) is 13.7. The van der Waals surface area contributed by atoms with E-state index in [1.165, 1.54) is 186 Å². The number of esters is 1. The van der Waals surface area contributed by atoms with E-state index >= 15 is 0 Å². The summed E-state index contributed by atoms with van der Waals surface area (Å²) in [5, 5.41) is 3.02. The van der Waals surface area contributed by atoms with Crippen molar-refractivity contribution in [1.82, 2.24) is 5.32 Å². The molecule has 1 amide bonds. The van der Waals surface area contributed by atoms with Crippen molar-refractivity contribution in [3.05, 3.63) is 12.2 Å².